The number of hydrogen-bond acceptors (Lipinski definition) is 4. The summed E-state index contributed by atoms with van der Waals surface area (Å²) in [5, 5.41) is 9.25. The van der Waals surface area contributed by atoms with Crippen LogP contribution in [0.2, 0.25) is 5.15 Å². The topological polar surface area (TPSA) is 79.3 Å². The molecule has 0 saturated heterocycles. The highest BCUT2D eigenvalue weighted by atomic mass is 35.5. The molecule has 96 valence electrons. The molecule has 2 N–H and O–H groups in total. The molecule has 17 heavy (non-hydrogen) atoms. The lowest BCUT2D eigenvalue weighted by Gasteiger charge is -2.14. The van der Waals surface area contributed by atoms with E-state index in [4.69, 9.17) is 16.7 Å². The number of nitrogens with one attached hydrogen (secondary N) is 1. The SMILES string of the molecule is CCC(CO)NS(=O)(=O)c1cnc(Cl)c(C)c1. The first kappa shape index (κ1) is 14.4. The van der Waals surface area contributed by atoms with Gasteiger partial charge in [-0.15, -0.1) is 0 Å². The van der Waals surface area contributed by atoms with Crippen molar-refractivity contribution < 1.29 is 13.5 Å². The lowest BCUT2D eigenvalue weighted by molar-refractivity contribution is 0.254. The Morgan fingerprint density at radius 3 is 2.71 bits per heavy atom. The molecule has 0 radical (unpaired) electrons. The van der Waals surface area contributed by atoms with Crippen molar-refractivity contribution in [3.8, 4) is 0 Å². The highest BCUT2D eigenvalue weighted by Crippen LogP contribution is 2.16. The third-order valence-electron chi connectivity index (χ3n) is 2.33. The normalized spacial score (nSPS) is 13.6. The number of nitrogens with zero attached hydrogens (tertiary/aromatic N) is 1. The van der Waals surface area contributed by atoms with E-state index in [1.807, 2.05) is 0 Å². The summed E-state index contributed by atoms with van der Waals surface area (Å²) >= 11 is 5.72. The Bertz CT molecular complexity index is 486. The maximum absolute atomic E-state index is 11.9. The summed E-state index contributed by atoms with van der Waals surface area (Å²) in [6, 6.07) is 0.956. The molecule has 0 bridgehead atoms. The second kappa shape index (κ2) is 5.77. The van der Waals surface area contributed by atoms with Crippen LogP contribution in [0.15, 0.2) is 17.2 Å². The Morgan fingerprint density at radius 1 is 1.59 bits per heavy atom. The molecule has 0 aliphatic carbocycles. The van der Waals surface area contributed by atoms with Crippen LogP contribution in [-0.4, -0.2) is 31.2 Å². The molecule has 0 amide bonds. The van der Waals surface area contributed by atoms with Crippen molar-refractivity contribution in [2.45, 2.75) is 31.2 Å². The van der Waals surface area contributed by atoms with E-state index in [1.54, 1.807) is 13.8 Å². The van der Waals surface area contributed by atoms with E-state index in [9.17, 15) is 8.42 Å². The van der Waals surface area contributed by atoms with Crippen LogP contribution in [0.3, 0.4) is 0 Å². The number of rotatable bonds is 5. The van der Waals surface area contributed by atoms with Gasteiger partial charge in [0.25, 0.3) is 0 Å². The Hall–Kier alpha value is -0.690. The van der Waals surface area contributed by atoms with E-state index in [0.717, 1.165) is 0 Å². The van der Waals surface area contributed by atoms with Crippen LogP contribution in [0.25, 0.3) is 0 Å². The molecule has 1 unspecified atom stereocenters. The molecule has 1 atom stereocenters. The summed E-state index contributed by atoms with van der Waals surface area (Å²) in [5.74, 6) is 0. The fourth-order valence-corrected chi connectivity index (χ4v) is 2.66. The predicted octanol–water partition coefficient (Wildman–Crippen LogP) is 1.09. The molecule has 1 aromatic heterocycles. The molecular formula is C10H15ClN2O3S. The van der Waals surface area contributed by atoms with E-state index in [2.05, 4.69) is 9.71 Å². The average molecular weight is 279 g/mol. The standard InChI is InChI=1S/C10H15ClN2O3S/c1-3-8(6-14)13-17(15,16)9-4-7(2)10(11)12-5-9/h4-5,8,13-14H,3,6H2,1-2H3. The van der Waals surface area contributed by atoms with Crippen molar-refractivity contribution in [1.29, 1.82) is 0 Å². The minimum atomic E-state index is -3.65. The van der Waals surface area contributed by atoms with Crippen molar-refractivity contribution in [3.05, 3.63) is 23.0 Å². The van der Waals surface area contributed by atoms with Gasteiger partial charge in [-0.05, 0) is 25.0 Å². The Morgan fingerprint density at radius 2 is 2.24 bits per heavy atom. The van der Waals surface area contributed by atoms with Gasteiger partial charge >= 0.3 is 0 Å². The zero-order chi connectivity index (χ0) is 13.1. The monoisotopic (exact) mass is 278 g/mol. The van der Waals surface area contributed by atoms with Crippen LogP contribution < -0.4 is 4.72 Å². The average Bonchev–Trinajstić information content (AvgIpc) is 2.29. The maximum Gasteiger partial charge on any atom is 0.242 e. The molecule has 0 fully saturated rings. The van der Waals surface area contributed by atoms with Crippen molar-refractivity contribution in [1.82, 2.24) is 9.71 Å². The maximum atomic E-state index is 11.9. The molecule has 0 aliphatic heterocycles. The summed E-state index contributed by atoms with van der Waals surface area (Å²) in [4.78, 5) is 3.84. The van der Waals surface area contributed by atoms with Gasteiger partial charge in [0, 0.05) is 12.2 Å². The molecule has 0 spiro atoms. The molecule has 5 nitrogen and oxygen atoms in total. The van der Waals surface area contributed by atoms with Crippen molar-refractivity contribution in [2.24, 2.45) is 0 Å². The fourth-order valence-electron chi connectivity index (χ4n) is 1.22. The van der Waals surface area contributed by atoms with Crippen LogP contribution in [0.5, 0.6) is 0 Å². The number of hydrogen-bond donors (Lipinski definition) is 2. The highest BCUT2D eigenvalue weighted by Gasteiger charge is 2.19. The Kier molecular flexibility index (Phi) is 4.88. The number of aliphatic hydroxyl groups is 1. The van der Waals surface area contributed by atoms with E-state index in [0.29, 0.717) is 12.0 Å². The highest BCUT2D eigenvalue weighted by molar-refractivity contribution is 7.89. The Balaban J connectivity index is 3.01. The summed E-state index contributed by atoms with van der Waals surface area (Å²) in [7, 11) is -3.65. The van der Waals surface area contributed by atoms with Crippen LogP contribution in [0.4, 0.5) is 0 Å². The number of halogens is 1. The zero-order valence-corrected chi connectivity index (χ0v) is 11.2. The molecule has 1 rings (SSSR count). The van der Waals surface area contributed by atoms with Gasteiger partial charge < -0.3 is 5.11 Å². The number of aryl methyl sites for hydroxylation is 1. The van der Waals surface area contributed by atoms with Crippen LogP contribution in [-0.2, 0) is 10.0 Å². The largest absolute Gasteiger partial charge is 0.395 e. The van der Waals surface area contributed by atoms with Gasteiger partial charge in [-0.1, -0.05) is 18.5 Å². The lowest BCUT2D eigenvalue weighted by atomic mass is 10.3. The first-order valence-electron chi connectivity index (χ1n) is 5.16. The molecule has 0 aromatic carbocycles. The van der Waals surface area contributed by atoms with Crippen LogP contribution in [0.1, 0.15) is 18.9 Å². The fraction of sp³-hybridized carbons (Fsp3) is 0.500. The smallest absolute Gasteiger partial charge is 0.242 e. The second-order valence-electron chi connectivity index (χ2n) is 3.69. The van der Waals surface area contributed by atoms with Gasteiger partial charge in [0.2, 0.25) is 10.0 Å². The van der Waals surface area contributed by atoms with E-state index in [-0.39, 0.29) is 16.7 Å². The van der Waals surface area contributed by atoms with Crippen molar-refractivity contribution in [2.75, 3.05) is 6.61 Å². The molecule has 0 aliphatic rings. The third kappa shape index (κ3) is 3.64. The van der Waals surface area contributed by atoms with Crippen LogP contribution in [0, 0.1) is 6.92 Å². The quantitative estimate of drug-likeness (QED) is 0.791. The Labute approximate surface area is 106 Å². The first-order valence-corrected chi connectivity index (χ1v) is 7.02. The third-order valence-corrected chi connectivity index (χ3v) is 4.22. The molecule has 1 aromatic rings. The zero-order valence-electron chi connectivity index (χ0n) is 9.64. The summed E-state index contributed by atoms with van der Waals surface area (Å²) in [6.45, 7) is 3.22. The number of pyridine rings is 1. The number of aromatic nitrogens is 1. The van der Waals surface area contributed by atoms with Gasteiger partial charge in [-0.25, -0.2) is 18.1 Å². The molecule has 0 saturated carbocycles. The van der Waals surface area contributed by atoms with Crippen LogP contribution >= 0.6 is 11.6 Å². The van der Waals surface area contributed by atoms with E-state index >= 15 is 0 Å². The van der Waals surface area contributed by atoms with Crippen molar-refractivity contribution in [3.63, 3.8) is 0 Å². The molecule has 7 heteroatoms. The first-order chi connectivity index (χ1) is 7.90. The number of sulfonamides is 1. The predicted molar refractivity (Wildman–Crippen MR) is 65.5 cm³/mol. The van der Waals surface area contributed by atoms with E-state index < -0.39 is 16.1 Å². The van der Waals surface area contributed by atoms with Crippen molar-refractivity contribution >= 4 is 21.6 Å². The van der Waals surface area contributed by atoms with Gasteiger partial charge in [0.1, 0.15) is 10.0 Å². The number of aliphatic hydroxyl groups excluding tert-OH is 1. The van der Waals surface area contributed by atoms with E-state index in [1.165, 1.54) is 12.3 Å². The van der Waals surface area contributed by atoms with Gasteiger partial charge in [-0.2, -0.15) is 0 Å². The lowest BCUT2D eigenvalue weighted by Crippen LogP contribution is -2.36. The van der Waals surface area contributed by atoms with Gasteiger partial charge in [0.15, 0.2) is 0 Å². The summed E-state index contributed by atoms with van der Waals surface area (Å²) in [6.07, 6.45) is 1.71. The second-order valence-corrected chi connectivity index (χ2v) is 5.76. The molecule has 1 heterocycles. The van der Waals surface area contributed by atoms with Gasteiger partial charge in [-0.3, -0.25) is 0 Å². The summed E-state index contributed by atoms with van der Waals surface area (Å²) in [5.41, 5.74) is 0.589. The minimum Gasteiger partial charge on any atom is -0.395 e. The van der Waals surface area contributed by atoms with Gasteiger partial charge in [0.05, 0.1) is 6.61 Å². The summed E-state index contributed by atoms with van der Waals surface area (Å²) < 4.78 is 26.2. The molecular weight excluding hydrogens is 264 g/mol. The minimum absolute atomic E-state index is 0.0475.